The number of carboxylic acid groups (broad SMARTS) is 1. The quantitative estimate of drug-likeness (QED) is 0.577. The summed E-state index contributed by atoms with van der Waals surface area (Å²) in [5.74, 6) is -0.721. The van der Waals surface area contributed by atoms with Crippen LogP contribution < -0.4 is 0 Å². The molecule has 1 saturated heterocycles. The van der Waals surface area contributed by atoms with Gasteiger partial charge in [-0.25, -0.2) is 0 Å². The van der Waals surface area contributed by atoms with E-state index in [1.54, 1.807) is 0 Å². The maximum absolute atomic E-state index is 10.1. The SMILES string of the molecule is C[C@H]1CCN1CC(=O)O. The fourth-order valence-electron chi connectivity index (χ4n) is 0.979. The van der Waals surface area contributed by atoms with Crippen LogP contribution in [0.3, 0.4) is 0 Å². The predicted molar refractivity (Wildman–Crippen MR) is 33.3 cm³/mol. The van der Waals surface area contributed by atoms with Crippen molar-refractivity contribution in [2.75, 3.05) is 13.1 Å². The van der Waals surface area contributed by atoms with Crippen LogP contribution >= 0.6 is 0 Å². The molecule has 1 N–H and O–H groups in total. The van der Waals surface area contributed by atoms with Gasteiger partial charge in [-0.1, -0.05) is 0 Å². The number of hydrogen-bond donors (Lipinski definition) is 1. The molecule has 9 heavy (non-hydrogen) atoms. The van der Waals surface area contributed by atoms with E-state index in [-0.39, 0.29) is 6.54 Å². The minimum Gasteiger partial charge on any atom is -0.480 e. The highest BCUT2D eigenvalue weighted by Gasteiger charge is 2.24. The normalized spacial score (nSPS) is 27.4. The van der Waals surface area contributed by atoms with Gasteiger partial charge in [0.15, 0.2) is 0 Å². The first-order valence-electron chi connectivity index (χ1n) is 3.16. The van der Waals surface area contributed by atoms with Crippen molar-refractivity contribution in [3.05, 3.63) is 0 Å². The highest BCUT2D eigenvalue weighted by atomic mass is 16.4. The van der Waals surface area contributed by atoms with Crippen LogP contribution in [-0.4, -0.2) is 35.1 Å². The van der Waals surface area contributed by atoms with Crippen LogP contribution in [0, 0.1) is 0 Å². The van der Waals surface area contributed by atoms with Gasteiger partial charge < -0.3 is 5.11 Å². The van der Waals surface area contributed by atoms with E-state index in [0.29, 0.717) is 6.04 Å². The lowest BCUT2D eigenvalue weighted by Gasteiger charge is -2.37. The summed E-state index contributed by atoms with van der Waals surface area (Å²) in [6, 6.07) is 0.487. The molecule has 0 aromatic rings. The maximum Gasteiger partial charge on any atom is 0.317 e. The van der Waals surface area contributed by atoms with Gasteiger partial charge >= 0.3 is 5.97 Å². The van der Waals surface area contributed by atoms with Gasteiger partial charge in [0.2, 0.25) is 0 Å². The Morgan fingerprint density at radius 2 is 2.56 bits per heavy atom. The molecule has 0 saturated carbocycles. The summed E-state index contributed by atoms with van der Waals surface area (Å²) in [5, 5.41) is 8.32. The molecule has 0 unspecified atom stereocenters. The molecule has 0 aromatic carbocycles. The Kier molecular flexibility index (Phi) is 1.71. The topological polar surface area (TPSA) is 40.5 Å². The minimum atomic E-state index is -0.721. The first-order valence-corrected chi connectivity index (χ1v) is 3.16. The number of likely N-dealkylation sites (tertiary alicyclic amines) is 1. The van der Waals surface area contributed by atoms with Crippen LogP contribution in [0.5, 0.6) is 0 Å². The van der Waals surface area contributed by atoms with Gasteiger partial charge in [-0.2, -0.15) is 0 Å². The molecule has 0 amide bonds. The van der Waals surface area contributed by atoms with Crippen molar-refractivity contribution >= 4 is 5.97 Å². The van der Waals surface area contributed by atoms with E-state index in [1.165, 1.54) is 0 Å². The van der Waals surface area contributed by atoms with Gasteiger partial charge in [-0.05, 0) is 13.3 Å². The van der Waals surface area contributed by atoms with Gasteiger partial charge in [0, 0.05) is 12.6 Å². The van der Waals surface area contributed by atoms with Crippen LogP contribution in [0.25, 0.3) is 0 Å². The van der Waals surface area contributed by atoms with Gasteiger partial charge in [-0.3, -0.25) is 9.69 Å². The molecule has 1 rings (SSSR count). The molecular weight excluding hydrogens is 118 g/mol. The number of hydrogen-bond acceptors (Lipinski definition) is 2. The number of carboxylic acids is 1. The lowest BCUT2D eigenvalue weighted by Crippen LogP contribution is -2.47. The highest BCUT2D eigenvalue weighted by Crippen LogP contribution is 2.14. The third-order valence-corrected chi connectivity index (χ3v) is 1.80. The monoisotopic (exact) mass is 129 g/mol. The predicted octanol–water partition coefficient (Wildman–Crippen LogP) is 0.165. The first-order chi connectivity index (χ1) is 4.20. The molecule has 1 heterocycles. The van der Waals surface area contributed by atoms with Gasteiger partial charge in [0.1, 0.15) is 0 Å². The van der Waals surface area contributed by atoms with E-state index in [1.807, 2.05) is 11.8 Å². The zero-order valence-corrected chi connectivity index (χ0v) is 5.50. The third kappa shape index (κ3) is 1.42. The van der Waals surface area contributed by atoms with Gasteiger partial charge in [0.05, 0.1) is 6.54 Å². The summed E-state index contributed by atoms with van der Waals surface area (Å²) < 4.78 is 0. The summed E-state index contributed by atoms with van der Waals surface area (Å²) in [6.45, 7) is 3.21. The third-order valence-electron chi connectivity index (χ3n) is 1.80. The second kappa shape index (κ2) is 2.35. The summed E-state index contributed by atoms with van der Waals surface area (Å²) in [5.41, 5.74) is 0. The zero-order chi connectivity index (χ0) is 6.85. The second-order valence-corrected chi connectivity index (χ2v) is 2.50. The summed E-state index contributed by atoms with van der Waals surface area (Å²) in [6.07, 6.45) is 1.15. The van der Waals surface area contributed by atoms with Gasteiger partial charge in [-0.15, -0.1) is 0 Å². The molecule has 3 nitrogen and oxygen atoms in total. The zero-order valence-electron chi connectivity index (χ0n) is 5.50. The lowest BCUT2D eigenvalue weighted by atomic mass is 10.1. The number of carbonyl (C=O) groups is 1. The lowest BCUT2D eigenvalue weighted by molar-refractivity contribution is -0.140. The molecule has 52 valence electrons. The van der Waals surface area contributed by atoms with Crippen LogP contribution in [0.1, 0.15) is 13.3 Å². The van der Waals surface area contributed by atoms with Crippen LogP contribution in [0.4, 0.5) is 0 Å². The molecule has 0 bridgehead atoms. The summed E-state index contributed by atoms with van der Waals surface area (Å²) in [7, 11) is 0. The molecular formula is C6H11NO2. The Bertz CT molecular complexity index is 124. The Morgan fingerprint density at radius 3 is 2.67 bits per heavy atom. The van der Waals surface area contributed by atoms with E-state index < -0.39 is 5.97 Å². The van der Waals surface area contributed by atoms with Crippen molar-refractivity contribution in [2.24, 2.45) is 0 Å². The van der Waals surface area contributed by atoms with Crippen molar-refractivity contribution in [3.8, 4) is 0 Å². The van der Waals surface area contributed by atoms with Gasteiger partial charge in [0.25, 0.3) is 0 Å². The van der Waals surface area contributed by atoms with E-state index >= 15 is 0 Å². The van der Waals surface area contributed by atoms with Crippen molar-refractivity contribution in [1.82, 2.24) is 4.90 Å². The average Bonchev–Trinajstić information content (AvgIpc) is 1.79. The van der Waals surface area contributed by atoms with Crippen molar-refractivity contribution in [2.45, 2.75) is 19.4 Å². The molecule has 1 atom stereocenters. The Hall–Kier alpha value is -0.570. The molecule has 0 spiro atoms. The van der Waals surface area contributed by atoms with E-state index in [2.05, 4.69) is 0 Å². The van der Waals surface area contributed by atoms with Crippen LogP contribution in [0.2, 0.25) is 0 Å². The van der Waals surface area contributed by atoms with E-state index in [9.17, 15) is 4.79 Å². The Balaban J connectivity index is 2.21. The molecule has 0 aliphatic carbocycles. The van der Waals surface area contributed by atoms with Crippen molar-refractivity contribution in [1.29, 1.82) is 0 Å². The molecule has 1 aliphatic heterocycles. The van der Waals surface area contributed by atoms with Crippen molar-refractivity contribution < 1.29 is 9.90 Å². The molecule has 3 heteroatoms. The fraction of sp³-hybridized carbons (Fsp3) is 0.833. The minimum absolute atomic E-state index is 0.209. The Morgan fingerprint density at radius 1 is 1.89 bits per heavy atom. The number of aliphatic carboxylic acids is 1. The van der Waals surface area contributed by atoms with E-state index in [4.69, 9.17) is 5.11 Å². The fourth-order valence-corrected chi connectivity index (χ4v) is 0.979. The van der Waals surface area contributed by atoms with Crippen LogP contribution in [-0.2, 0) is 4.79 Å². The van der Waals surface area contributed by atoms with Crippen molar-refractivity contribution in [3.63, 3.8) is 0 Å². The highest BCUT2D eigenvalue weighted by molar-refractivity contribution is 5.69. The molecule has 1 aliphatic rings. The smallest absolute Gasteiger partial charge is 0.317 e. The number of nitrogens with zero attached hydrogens (tertiary/aromatic N) is 1. The average molecular weight is 129 g/mol. The molecule has 1 fully saturated rings. The number of rotatable bonds is 2. The maximum atomic E-state index is 10.1. The Labute approximate surface area is 54.3 Å². The van der Waals surface area contributed by atoms with E-state index in [0.717, 1.165) is 13.0 Å². The second-order valence-electron chi connectivity index (χ2n) is 2.50. The largest absolute Gasteiger partial charge is 0.480 e. The first kappa shape index (κ1) is 6.55. The standard InChI is InChI=1S/C6H11NO2/c1-5-2-3-7(5)4-6(8)9/h5H,2-4H2,1H3,(H,8,9)/t5-/m0/s1. The molecule has 0 aromatic heterocycles. The molecule has 0 radical (unpaired) electrons. The summed E-state index contributed by atoms with van der Waals surface area (Å²) >= 11 is 0. The van der Waals surface area contributed by atoms with Crippen LogP contribution in [0.15, 0.2) is 0 Å². The summed E-state index contributed by atoms with van der Waals surface area (Å²) in [4.78, 5) is 12.1.